The van der Waals surface area contributed by atoms with Crippen LogP contribution in [0, 0.1) is 5.41 Å². The van der Waals surface area contributed by atoms with Gasteiger partial charge in [-0.1, -0.05) is 0 Å². The molecular weight excluding hydrogens is 138 g/mol. The molecule has 0 aromatic rings. The molecule has 0 aliphatic heterocycles. The van der Waals surface area contributed by atoms with E-state index in [4.69, 9.17) is 11.1 Å². The smallest absolute Gasteiger partial charge is 0.286 e. The van der Waals surface area contributed by atoms with E-state index in [0.717, 1.165) is 6.08 Å². The molecule has 58 valence electrons. The lowest BCUT2D eigenvalue weighted by Gasteiger charge is -2.07. The average Bonchev–Trinajstić information content (AvgIpc) is 1.60. The van der Waals surface area contributed by atoms with E-state index in [1.807, 2.05) is 0 Å². The quantitative estimate of drug-likeness (QED) is 0.573. The number of hydrogen-bond acceptors (Lipinski definition) is 2. The number of nitrogens with one attached hydrogen (secondary N) is 1. The van der Waals surface area contributed by atoms with Crippen LogP contribution in [0.15, 0.2) is 11.8 Å². The number of hydrogen-bond donors (Lipinski definition) is 2. The maximum atomic E-state index is 12.2. The summed E-state index contributed by atoms with van der Waals surface area (Å²) in [6.07, 6.45) is 0.944. The van der Waals surface area contributed by atoms with Crippen molar-refractivity contribution >= 4 is 5.71 Å². The Morgan fingerprint density at radius 2 is 2.00 bits per heavy atom. The van der Waals surface area contributed by atoms with Gasteiger partial charge in [0.15, 0.2) is 0 Å². The molecule has 0 fully saturated rings. The zero-order chi connectivity index (χ0) is 8.36. The molecule has 0 aliphatic rings. The van der Waals surface area contributed by atoms with Crippen molar-refractivity contribution < 1.29 is 8.78 Å². The molecule has 0 radical (unpaired) electrons. The van der Waals surface area contributed by atoms with Crippen molar-refractivity contribution in [1.29, 1.82) is 5.41 Å². The van der Waals surface area contributed by atoms with Gasteiger partial charge in [-0.15, -0.1) is 0 Å². The first-order valence-electron chi connectivity index (χ1n) is 2.74. The molecule has 0 amide bonds. The molecular formula is C6H10F2N2. The van der Waals surface area contributed by atoms with Gasteiger partial charge in [-0.05, 0) is 13.0 Å². The maximum Gasteiger partial charge on any atom is 0.286 e. The predicted molar refractivity (Wildman–Crippen MR) is 36.3 cm³/mol. The van der Waals surface area contributed by atoms with Gasteiger partial charge in [0.05, 0.1) is 0 Å². The molecule has 0 atom stereocenters. The molecule has 2 nitrogen and oxygen atoms in total. The highest BCUT2D eigenvalue weighted by molar-refractivity contribution is 5.98. The molecule has 0 unspecified atom stereocenters. The summed E-state index contributed by atoms with van der Waals surface area (Å²) in [5.41, 5.74) is 4.53. The third-order valence-corrected chi connectivity index (χ3v) is 0.845. The van der Waals surface area contributed by atoms with Gasteiger partial charge in [0.2, 0.25) is 0 Å². The zero-order valence-corrected chi connectivity index (χ0v) is 5.91. The average molecular weight is 148 g/mol. The van der Waals surface area contributed by atoms with Crippen LogP contribution < -0.4 is 5.73 Å². The molecule has 0 rings (SSSR count). The van der Waals surface area contributed by atoms with E-state index in [0.29, 0.717) is 6.92 Å². The monoisotopic (exact) mass is 148 g/mol. The highest BCUT2D eigenvalue weighted by atomic mass is 19.3. The van der Waals surface area contributed by atoms with Crippen molar-refractivity contribution in [2.45, 2.75) is 19.8 Å². The minimum Gasteiger partial charge on any atom is -0.402 e. The third kappa shape index (κ3) is 3.17. The van der Waals surface area contributed by atoms with Gasteiger partial charge in [-0.2, -0.15) is 8.78 Å². The summed E-state index contributed by atoms with van der Waals surface area (Å²) in [5, 5.41) is 6.76. The number of alkyl halides is 2. The number of halogens is 2. The van der Waals surface area contributed by atoms with Gasteiger partial charge in [-0.25, -0.2) is 0 Å². The van der Waals surface area contributed by atoms with E-state index in [1.165, 1.54) is 6.92 Å². The third-order valence-electron chi connectivity index (χ3n) is 0.845. The maximum absolute atomic E-state index is 12.2. The lowest BCUT2D eigenvalue weighted by Crippen LogP contribution is -2.22. The normalized spacial score (nSPS) is 13.4. The molecule has 0 aromatic carbocycles. The van der Waals surface area contributed by atoms with E-state index in [1.54, 1.807) is 0 Å². The van der Waals surface area contributed by atoms with Crippen molar-refractivity contribution in [1.82, 2.24) is 0 Å². The van der Waals surface area contributed by atoms with Crippen molar-refractivity contribution in [3.63, 3.8) is 0 Å². The number of rotatable bonds is 2. The van der Waals surface area contributed by atoms with Gasteiger partial charge in [0.25, 0.3) is 5.92 Å². The summed E-state index contributed by atoms with van der Waals surface area (Å²) in [6.45, 7) is 2.12. The zero-order valence-electron chi connectivity index (χ0n) is 5.91. The minimum atomic E-state index is -3.08. The fourth-order valence-electron chi connectivity index (χ4n) is 0.354. The highest BCUT2D eigenvalue weighted by Gasteiger charge is 2.25. The fraction of sp³-hybridized carbons (Fsp3) is 0.500. The van der Waals surface area contributed by atoms with Gasteiger partial charge in [0, 0.05) is 12.6 Å². The Morgan fingerprint density at radius 3 is 2.10 bits per heavy atom. The first kappa shape index (κ1) is 9.07. The first-order valence-corrected chi connectivity index (χ1v) is 2.74. The van der Waals surface area contributed by atoms with Crippen molar-refractivity contribution in [3.8, 4) is 0 Å². The largest absolute Gasteiger partial charge is 0.402 e. The van der Waals surface area contributed by atoms with Crippen LogP contribution in [0.2, 0.25) is 0 Å². The summed E-state index contributed by atoms with van der Waals surface area (Å²) in [5.74, 6) is -3.08. The van der Waals surface area contributed by atoms with Crippen LogP contribution in [0.25, 0.3) is 0 Å². The Balaban J connectivity index is 4.27. The Hall–Kier alpha value is -0.930. The van der Waals surface area contributed by atoms with Gasteiger partial charge >= 0.3 is 0 Å². The Labute approximate surface area is 58.2 Å². The van der Waals surface area contributed by atoms with E-state index in [-0.39, 0.29) is 5.70 Å². The predicted octanol–water partition coefficient (Wildman–Crippen LogP) is 1.52. The van der Waals surface area contributed by atoms with Crippen LogP contribution in [0.1, 0.15) is 13.8 Å². The number of nitrogens with two attached hydrogens (primary N) is 1. The van der Waals surface area contributed by atoms with Gasteiger partial charge in [0.1, 0.15) is 5.71 Å². The number of allylic oxidation sites excluding steroid dienone is 2. The topological polar surface area (TPSA) is 49.9 Å². The van der Waals surface area contributed by atoms with Crippen molar-refractivity contribution in [3.05, 3.63) is 11.8 Å². The van der Waals surface area contributed by atoms with Crippen molar-refractivity contribution in [2.75, 3.05) is 0 Å². The summed E-state index contributed by atoms with van der Waals surface area (Å²) in [4.78, 5) is 0. The Kier molecular flexibility index (Phi) is 2.51. The van der Waals surface area contributed by atoms with E-state index in [9.17, 15) is 8.78 Å². The molecule has 4 heteroatoms. The molecule has 10 heavy (non-hydrogen) atoms. The van der Waals surface area contributed by atoms with Crippen molar-refractivity contribution in [2.24, 2.45) is 5.73 Å². The molecule has 0 saturated heterocycles. The molecule has 0 spiro atoms. The molecule has 0 heterocycles. The van der Waals surface area contributed by atoms with Crippen LogP contribution in [-0.4, -0.2) is 11.6 Å². The van der Waals surface area contributed by atoms with Crippen LogP contribution in [0.3, 0.4) is 0 Å². The summed E-state index contributed by atoms with van der Waals surface area (Å²) < 4.78 is 24.3. The van der Waals surface area contributed by atoms with Gasteiger partial charge in [-0.3, -0.25) is 5.41 Å². The van der Waals surface area contributed by atoms with E-state index in [2.05, 4.69) is 0 Å². The highest BCUT2D eigenvalue weighted by Crippen LogP contribution is 2.13. The SMILES string of the molecule is C/C(N)=C\C(=N)C(C)(F)F. The minimum absolute atomic E-state index is 0.214. The Bertz CT molecular complexity index is 163. The standard InChI is InChI=1S/C6H10F2N2/c1-4(9)3-5(10)6(2,7)8/h3,10H,9H2,1-2H3/b4-3+,10-5?. The first-order chi connectivity index (χ1) is 4.34. The molecule has 3 N–H and O–H groups in total. The second kappa shape index (κ2) is 2.77. The molecule has 0 aromatic heterocycles. The molecule has 0 aliphatic carbocycles. The second-order valence-electron chi connectivity index (χ2n) is 2.19. The second-order valence-corrected chi connectivity index (χ2v) is 2.19. The fourth-order valence-corrected chi connectivity index (χ4v) is 0.354. The lowest BCUT2D eigenvalue weighted by atomic mass is 10.2. The summed E-state index contributed by atoms with van der Waals surface area (Å²) in [6, 6.07) is 0. The molecule has 0 saturated carbocycles. The van der Waals surface area contributed by atoms with Crippen LogP contribution >= 0.6 is 0 Å². The van der Waals surface area contributed by atoms with E-state index >= 15 is 0 Å². The van der Waals surface area contributed by atoms with E-state index < -0.39 is 11.6 Å². The summed E-state index contributed by atoms with van der Waals surface area (Å²) >= 11 is 0. The summed E-state index contributed by atoms with van der Waals surface area (Å²) in [7, 11) is 0. The van der Waals surface area contributed by atoms with Crippen LogP contribution in [-0.2, 0) is 0 Å². The van der Waals surface area contributed by atoms with Crippen LogP contribution in [0.4, 0.5) is 8.78 Å². The molecule has 0 bridgehead atoms. The Morgan fingerprint density at radius 1 is 1.60 bits per heavy atom. The van der Waals surface area contributed by atoms with Gasteiger partial charge < -0.3 is 5.73 Å². The lowest BCUT2D eigenvalue weighted by molar-refractivity contribution is 0.101. The van der Waals surface area contributed by atoms with Crippen LogP contribution in [0.5, 0.6) is 0 Å².